The lowest BCUT2D eigenvalue weighted by molar-refractivity contribution is -0.147. The van der Waals surface area contributed by atoms with E-state index in [2.05, 4.69) is 0 Å². The molecule has 1 atom stereocenters. The molecule has 0 radical (unpaired) electrons. The van der Waals surface area contributed by atoms with Gasteiger partial charge in [-0.05, 0) is 18.2 Å². The third-order valence-electron chi connectivity index (χ3n) is 4.33. The number of halogens is 1. The number of ether oxygens (including phenoxy) is 2. The van der Waals surface area contributed by atoms with Gasteiger partial charge in [-0.25, -0.2) is 0 Å². The lowest BCUT2D eigenvalue weighted by Crippen LogP contribution is -2.27. The van der Waals surface area contributed by atoms with Gasteiger partial charge in [-0.1, -0.05) is 41.9 Å². The van der Waals surface area contributed by atoms with Crippen LogP contribution in [0.15, 0.2) is 48.5 Å². The third-order valence-corrected chi connectivity index (χ3v) is 4.57. The molecule has 0 unspecified atom stereocenters. The van der Waals surface area contributed by atoms with E-state index in [0.29, 0.717) is 22.0 Å². The number of esters is 1. The minimum Gasteiger partial charge on any atom is -0.495 e. The lowest BCUT2D eigenvalue weighted by atomic mass is 10.1. The molecule has 2 aromatic rings. The van der Waals surface area contributed by atoms with Crippen molar-refractivity contribution < 1.29 is 23.9 Å². The normalized spacial score (nSPS) is 16.3. The van der Waals surface area contributed by atoms with Crippen LogP contribution < -0.4 is 9.64 Å². The Labute approximate surface area is 161 Å². The van der Waals surface area contributed by atoms with Gasteiger partial charge in [0, 0.05) is 23.6 Å². The molecule has 0 saturated carbocycles. The summed E-state index contributed by atoms with van der Waals surface area (Å²) in [7, 11) is 1.49. The average Bonchev–Trinajstić information content (AvgIpc) is 3.08. The fourth-order valence-corrected chi connectivity index (χ4v) is 3.10. The monoisotopic (exact) mass is 387 g/mol. The van der Waals surface area contributed by atoms with Gasteiger partial charge in [-0.2, -0.15) is 0 Å². The Balaban J connectivity index is 1.64. The summed E-state index contributed by atoms with van der Waals surface area (Å²) in [4.78, 5) is 38.2. The molecule has 0 N–H and O–H groups in total. The Hall–Kier alpha value is -2.86. The molecule has 1 fully saturated rings. The smallest absolute Gasteiger partial charge is 0.311 e. The maximum absolute atomic E-state index is 12.4. The molecule has 27 heavy (non-hydrogen) atoms. The van der Waals surface area contributed by atoms with E-state index in [-0.39, 0.29) is 31.3 Å². The summed E-state index contributed by atoms with van der Waals surface area (Å²) in [5.74, 6) is -1.25. The van der Waals surface area contributed by atoms with E-state index in [1.807, 2.05) is 0 Å². The molecule has 2 aromatic carbocycles. The number of Topliss-reactive ketones (excluding diaryl/α,β-unsaturated/α-hetero) is 1. The van der Waals surface area contributed by atoms with Crippen molar-refractivity contribution in [3.8, 4) is 5.75 Å². The highest BCUT2D eigenvalue weighted by atomic mass is 35.5. The molecule has 0 spiro atoms. The van der Waals surface area contributed by atoms with E-state index in [4.69, 9.17) is 21.1 Å². The molecular weight excluding hydrogens is 370 g/mol. The number of nitrogens with zero attached hydrogens (tertiary/aromatic N) is 1. The Bertz CT molecular complexity index is 868. The summed E-state index contributed by atoms with van der Waals surface area (Å²) in [6.45, 7) is -0.206. The summed E-state index contributed by atoms with van der Waals surface area (Å²) < 4.78 is 10.4. The molecule has 1 aliphatic heterocycles. The van der Waals surface area contributed by atoms with Crippen molar-refractivity contribution in [1.82, 2.24) is 0 Å². The van der Waals surface area contributed by atoms with Gasteiger partial charge in [0.2, 0.25) is 5.91 Å². The number of rotatable bonds is 6. The van der Waals surface area contributed by atoms with Gasteiger partial charge in [-0.3, -0.25) is 14.4 Å². The molecule has 0 bridgehead atoms. The van der Waals surface area contributed by atoms with Gasteiger partial charge < -0.3 is 14.4 Å². The standard InChI is InChI=1S/C20H18ClNO5/c1-26-18-8-7-15(21)10-16(18)22-11-14(9-19(22)24)20(25)27-12-17(23)13-5-3-2-4-6-13/h2-8,10,14H,9,11-12H2,1H3/t14-/m1/s1. The van der Waals surface area contributed by atoms with Crippen LogP contribution in [0.25, 0.3) is 0 Å². The van der Waals surface area contributed by atoms with Crippen molar-refractivity contribution in [1.29, 1.82) is 0 Å². The van der Waals surface area contributed by atoms with Crippen LogP contribution in [0.2, 0.25) is 5.02 Å². The molecule has 3 rings (SSSR count). The van der Waals surface area contributed by atoms with E-state index in [9.17, 15) is 14.4 Å². The third kappa shape index (κ3) is 4.28. The largest absolute Gasteiger partial charge is 0.495 e. The lowest BCUT2D eigenvalue weighted by Gasteiger charge is -2.19. The second-order valence-corrected chi connectivity index (χ2v) is 6.55. The van der Waals surface area contributed by atoms with E-state index in [1.54, 1.807) is 48.5 Å². The van der Waals surface area contributed by atoms with Crippen LogP contribution in [0.1, 0.15) is 16.8 Å². The first kappa shape index (κ1) is 18.9. The zero-order valence-electron chi connectivity index (χ0n) is 14.7. The maximum Gasteiger partial charge on any atom is 0.311 e. The van der Waals surface area contributed by atoms with E-state index in [0.717, 1.165) is 0 Å². The molecule has 1 heterocycles. The Kier molecular flexibility index (Phi) is 5.76. The number of amides is 1. The first-order valence-corrected chi connectivity index (χ1v) is 8.76. The number of hydrogen-bond acceptors (Lipinski definition) is 5. The van der Waals surface area contributed by atoms with Crippen LogP contribution in [0.4, 0.5) is 5.69 Å². The molecule has 0 aliphatic carbocycles. The molecule has 0 aromatic heterocycles. The predicted octanol–water partition coefficient (Wildman–Crippen LogP) is 3.13. The van der Waals surface area contributed by atoms with Gasteiger partial charge in [0.1, 0.15) is 5.75 Å². The summed E-state index contributed by atoms with van der Waals surface area (Å²) >= 11 is 6.02. The summed E-state index contributed by atoms with van der Waals surface area (Å²) in [6, 6.07) is 13.5. The molecular formula is C20H18ClNO5. The van der Waals surface area contributed by atoms with E-state index in [1.165, 1.54) is 12.0 Å². The van der Waals surface area contributed by atoms with Crippen molar-refractivity contribution >= 4 is 34.9 Å². The number of carbonyl (C=O) groups is 3. The van der Waals surface area contributed by atoms with E-state index >= 15 is 0 Å². The first-order chi connectivity index (χ1) is 13.0. The molecule has 6 nitrogen and oxygen atoms in total. The summed E-state index contributed by atoms with van der Waals surface area (Å²) in [5.41, 5.74) is 0.976. The van der Waals surface area contributed by atoms with Gasteiger partial charge in [0.15, 0.2) is 12.4 Å². The van der Waals surface area contributed by atoms with Crippen LogP contribution in [-0.4, -0.2) is 37.9 Å². The molecule has 1 saturated heterocycles. The van der Waals surface area contributed by atoms with Gasteiger partial charge in [0.05, 0.1) is 18.7 Å². The quantitative estimate of drug-likeness (QED) is 0.562. The highest BCUT2D eigenvalue weighted by Gasteiger charge is 2.37. The van der Waals surface area contributed by atoms with Crippen LogP contribution in [0, 0.1) is 5.92 Å². The highest BCUT2D eigenvalue weighted by molar-refractivity contribution is 6.31. The van der Waals surface area contributed by atoms with Crippen molar-refractivity contribution in [2.24, 2.45) is 5.92 Å². The Morgan fingerprint density at radius 3 is 2.63 bits per heavy atom. The SMILES string of the molecule is COc1ccc(Cl)cc1N1C[C@H](C(=O)OCC(=O)c2ccccc2)CC1=O. The summed E-state index contributed by atoms with van der Waals surface area (Å²) in [6.07, 6.45) is 0.00796. The fraction of sp³-hybridized carbons (Fsp3) is 0.250. The number of methoxy groups -OCH3 is 1. The van der Waals surface area contributed by atoms with Crippen molar-refractivity contribution in [2.45, 2.75) is 6.42 Å². The van der Waals surface area contributed by atoms with Crippen molar-refractivity contribution in [3.05, 3.63) is 59.1 Å². The van der Waals surface area contributed by atoms with Crippen molar-refractivity contribution in [3.63, 3.8) is 0 Å². The Morgan fingerprint density at radius 2 is 1.93 bits per heavy atom. The number of ketones is 1. The number of carbonyl (C=O) groups excluding carboxylic acids is 3. The van der Waals surface area contributed by atoms with Crippen LogP contribution >= 0.6 is 11.6 Å². The Morgan fingerprint density at radius 1 is 1.19 bits per heavy atom. The zero-order chi connectivity index (χ0) is 19.4. The molecule has 1 amide bonds. The number of anilines is 1. The van der Waals surface area contributed by atoms with Crippen LogP contribution in [0.5, 0.6) is 5.75 Å². The zero-order valence-corrected chi connectivity index (χ0v) is 15.4. The summed E-state index contributed by atoms with van der Waals surface area (Å²) in [5, 5.41) is 0.457. The van der Waals surface area contributed by atoms with Crippen LogP contribution in [0.3, 0.4) is 0 Å². The second kappa shape index (κ2) is 8.22. The second-order valence-electron chi connectivity index (χ2n) is 6.12. The van der Waals surface area contributed by atoms with Gasteiger partial charge in [-0.15, -0.1) is 0 Å². The van der Waals surface area contributed by atoms with Crippen molar-refractivity contribution in [2.75, 3.05) is 25.2 Å². The predicted molar refractivity (Wildman–Crippen MR) is 100 cm³/mol. The minimum absolute atomic E-state index is 0.00796. The van der Waals surface area contributed by atoms with E-state index < -0.39 is 11.9 Å². The van der Waals surface area contributed by atoms with Gasteiger partial charge >= 0.3 is 5.97 Å². The highest BCUT2D eigenvalue weighted by Crippen LogP contribution is 2.35. The topological polar surface area (TPSA) is 72.9 Å². The number of hydrogen-bond donors (Lipinski definition) is 0. The minimum atomic E-state index is -0.648. The maximum atomic E-state index is 12.4. The first-order valence-electron chi connectivity index (χ1n) is 8.38. The van der Waals surface area contributed by atoms with Gasteiger partial charge in [0.25, 0.3) is 0 Å². The number of benzene rings is 2. The molecule has 7 heteroatoms. The average molecular weight is 388 g/mol. The molecule has 1 aliphatic rings. The molecule has 140 valence electrons. The van der Waals surface area contributed by atoms with Crippen LogP contribution in [-0.2, 0) is 14.3 Å². The fourth-order valence-electron chi connectivity index (χ4n) is 2.93.